The van der Waals surface area contributed by atoms with Gasteiger partial charge in [0.05, 0.1) is 0 Å². The smallest absolute Gasteiger partial charge is 0.278 e. The molecule has 2 aromatic rings. The molecule has 2 atom stereocenters. The number of anilines is 2. The van der Waals surface area contributed by atoms with Gasteiger partial charge >= 0.3 is 0 Å². The highest BCUT2D eigenvalue weighted by Crippen LogP contribution is 2.36. The second-order valence-corrected chi connectivity index (χ2v) is 12.0. The highest BCUT2D eigenvalue weighted by molar-refractivity contribution is 6.72. The van der Waals surface area contributed by atoms with Crippen LogP contribution in [0.25, 0.3) is 0 Å². The number of hydrogen-bond donors (Lipinski definition) is 0. The van der Waals surface area contributed by atoms with E-state index in [0.29, 0.717) is 11.8 Å². The van der Waals surface area contributed by atoms with Crippen molar-refractivity contribution in [2.45, 2.75) is 91.3 Å². The molecule has 2 aromatic heterocycles. The summed E-state index contributed by atoms with van der Waals surface area (Å²) in [5.74, 6) is 1.41. The lowest BCUT2D eigenvalue weighted by Crippen LogP contribution is -2.61. The first-order valence-corrected chi connectivity index (χ1v) is 13.9. The van der Waals surface area contributed by atoms with Gasteiger partial charge in [0.1, 0.15) is 23.8 Å². The summed E-state index contributed by atoms with van der Waals surface area (Å²) >= 11 is 0. The summed E-state index contributed by atoms with van der Waals surface area (Å²) in [6.45, 7) is 14.1. The maximum absolute atomic E-state index is 2.59. The Morgan fingerprint density at radius 2 is 1.00 bits per heavy atom. The van der Waals surface area contributed by atoms with Crippen LogP contribution in [-0.2, 0) is 0 Å². The molecule has 2 unspecified atom stereocenters. The van der Waals surface area contributed by atoms with Gasteiger partial charge in [0.15, 0.2) is 0 Å². The van der Waals surface area contributed by atoms with Crippen LogP contribution < -0.4 is 18.8 Å². The molecule has 0 bridgehead atoms. The number of rotatable bonds is 6. The van der Waals surface area contributed by atoms with E-state index in [0.717, 1.165) is 0 Å². The summed E-state index contributed by atoms with van der Waals surface area (Å²) < 4.78 is 5.19. The third-order valence-corrected chi connectivity index (χ3v) is 9.85. The fourth-order valence-electron chi connectivity index (χ4n) is 7.20. The molecular formula is C28H50B2N4. The van der Waals surface area contributed by atoms with E-state index >= 15 is 0 Å². The van der Waals surface area contributed by atoms with Crippen LogP contribution in [0.2, 0.25) is 37.9 Å². The first-order valence-electron chi connectivity index (χ1n) is 13.9. The predicted octanol–water partition coefficient (Wildman–Crippen LogP) is 5.98. The van der Waals surface area contributed by atoms with Gasteiger partial charge < -0.3 is 18.8 Å². The van der Waals surface area contributed by atoms with Gasteiger partial charge in [-0.05, 0) is 0 Å². The highest BCUT2D eigenvalue weighted by atomic mass is 15.1. The second kappa shape index (κ2) is 10.3. The summed E-state index contributed by atoms with van der Waals surface area (Å²) in [4.78, 5) is 4.39. The Labute approximate surface area is 210 Å². The molecule has 34 heavy (non-hydrogen) atoms. The molecule has 4 heterocycles. The molecule has 0 spiro atoms. The Morgan fingerprint density at radius 3 is 1.26 bits per heavy atom. The average molecular weight is 464 g/mol. The highest BCUT2D eigenvalue weighted by Gasteiger charge is 2.44. The molecule has 4 nitrogen and oxygen atoms in total. The van der Waals surface area contributed by atoms with E-state index in [1.807, 2.05) is 0 Å². The average Bonchev–Trinajstić information content (AvgIpc) is 3.30. The van der Waals surface area contributed by atoms with Crippen molar-refractivity contribution in [1.82, 2.24) is 0 Å². The lowest BCUT2D eigenvalue weighted by Gasteiger charge is -2.26. The molecule has 0 amide bonds. The van der Waals surface area contributed by atoms with Crippen molar-refractivity contribution in [3.63, 3.8) is 0 Å². The van der Waals surface area contributed by atoms with Crippen molar-refractivity contribution in [3.05, 3.63) is 48.0 Å². The minimum Gasteiger partial charge on any atom is -0.424 e. The van der Waals surface area contributed by atoms with E-state index in [9.17, 15) is 0 Å². The second-order valence-electron chi connectivity index (χ2n) is 12.0. The fraction of sp³-hybridized carbons (Fsp3) is 0.643. The molecule has 188 valence electrons. The van der Waals surface area contributed by atoms with Crippen LogP contribution in [0.4, 0.5) is 11.4 Å². The Morgan fingerprint density at radius 1 is 0.676 bits per heavy atom. The third kappa shape index (κ3) is 4.62. The molecule has 0 aliphatic carbocycles. The van der Waals surface area contributed by atoms with E-state index in [2.05, 4.69) is 125 Å². The molecule has 0 radical (unpaired) electrons. The van der Waals surface area contributed by atoms with Gasteiger partial charge in [0.2, 0.25) is 0 Å². The minimum absolute atomic E-state index is 0.352. The summed E-state index contributed by atoms with van der Waals surface area (Å²) in [5, 5.41) is 0. The summed E-state index contributed by atoms with van der Waals surface area (Å²) in [6, 6.07) is 9.26. The van der Waals surface area contributed by atoms with Gasteiger partial charge in [-0.2, -0.15) is 0 Å². The first-order chi connectivity index (χ1) is 16.1. The predicted molar refractivity (Wildman–Crippen MR) is 153 cm³/mol. The fourth-order valence-corrected chi connectivity index (χ4v) is 7.20. The molecule has 0 N–H and O–H groups in total. The van der Waals surface area contributed by atoms with Crippen LogP contribution in [0.5, 0.6) is 0 Å². The van der Waals surface area contributed by atoms with Crippen LogP contribution in [0.3, 0.4) is 0 Å². The molecule has 0 fully saturated rings. The molecule has 4 rings (SSSR count). The van der Waals surface area contributed by atoms with Crippen LogP contribution >= 0.6 is 0 Å². The first kappa shape index (κ1) is 26.6. The number of aromatic nitrogens is 2. The maximum atomic E-state index is 2.59. The Bertz CT molecular complexity index is 901. The largest absolute Gasteiger partial charge is 0.424 e. The Balaban J connectivity index is 0.000000191. The summed E-state index contributed by atoms with van der Waals surface area (Å²) in [6.07, 6.45) is 11.8. The number of pyridine rings is 2. The van der Waals surface area contributed by atoms with E-state index in [4.69, 9.17) is 0 Å². The quantitative estimate of drug-likeness (QED) is 0.489. The lowest BCUT2D eigenvalue weighted by atomic mass is 9.30. The molecule has 0 saturated carbocycles. The van der Waals surface area contributed by atoms with Crippen molar-refractivity contribution in [2.75, 3.05) is 38.0 Å². The summed E-state index contributed by atoms with van der Waals surface area (Å²) in [7, 11) is 8.46. The molecule has 0 saturated heterocycles. The minimum atomic E-state index is -0.352. The van der Waals surface area contributed by atoms with Crippen LogP contribution in [0, 0.1) is 0 Å². The van der Waals surface area contributed by atoms with Crippen molar-refractivity contribution in [3.8, 4) is 0 Å². The van der Waals surface area contributed by atoms with E-state index < -0.39 is 0 Å². The van der Waals surface area contributed by atoms with Gasteiger partial charge in [0, 0.05) is 75.7 Å². The van der Waals surface area contributed by atoms with E-state index in [1.165, 1.54) is 60.7 Å². The maximum Gasteiger partial charge on any atom is 0.278 e. The number of fused-ring (bicyclic) bond motifs is 2. The standard InChI is InChI=1S/2C14H25BN2/c2*1-6-15(7-2)11-12(3)14-10-13(16(4)5)8-9-17(14)15/h2*8-10,12H,6-7,11H2,1-5H3. The van der Waals surface area contributed by atoms with Gasteiger partial charge in [-0.1, -0.05) is 54.2 Å². The Kier molecular flexibility index (Phi) is 8.10. The topological polar surface area (TPSA) is 14.2 Å². The van der Waals surface area contributed by atoms with Gasteiger partial charge in [0.25, 0.3) is 12.6 Å². The molecule has 0 aromatic carbocycles. The molecule has 6 heteroatoms. The monoisotopic (exact) mass is 464 g/mol. The van der Waals surface area contributed by atoms with Crippen molar-refractivity contribution in [2.24, 2.45) is 0 Å². The zero-order chi connectivity index (χ0) is 25.3. The normalized spacial score (nSPS) is 21.4. The lowest BCUT2D eigenvalue weighted by molar-refractivity contribution is -0.550. The Hall–Kier alpha value is -1.97. The van der Waals surface area contributed by atoms with Crippen molar-refractivity contribution < 1.29 is 8.96 Å². The molecular weight excluding hydrogens is 414 g/mol. The number of hydrogen-bond acceptors (Lipinski definition) is 2. The van der Waals surface area contributed by atoms with Gasteiger partial charge in [-0.15, -0.1) is 25.3 Å². The third-order valence-electron chi connectivity index (χ3n) is 9.85. The molecule has 2 aliphatic heterocycles. The van der Waals surface area contributed by atoms with Gasteiger partial charge in [-0.3, -0.25) is 0 Å². The number of nitrogens with zero attached hydrogens (tertiary/aromatic N) is 4. The van der Waals surface area contributed by atoms with E-state index in [1.54, 1.807) is 0 Å². The van der Waals surface area contributed by atoms with Gasteiger partial charge in [-0.25, -0.2) is 0 Å². The van der Waals surface area contributed by atoms with Crippen LogP contribution in [-0.4, -0.2) is 40.8 Å². The zero-order valence-electron chi connectivity index (χ0n) is 23.8. The molecule has 2 aliphatic rings. The zero-order valence-corrected chi connectivity index (χ0v) is 23.8. The van der Waals surface area contributed by atoms with Crippen LogP contribution in [0.15, 0.2) is 36.7 Å². The summed E-state index contributed by atoms with van der Waals surface area (Å²) in [5.41, 5.74) is 5.70. The van der Waals surface area contributed by atoms with Crippen molar-refractivity contribution >= 4 is 23.9 Å². The van der Waals surface area contributed by atoms with Crippen molar-refractivity contribution in [1.29, 1.82) is 0 Å². The van der Waals surface area contributed by atoms with E-state index in [-0.39, 0.29) is 12.6 Å². The van der Waals surface area contributed by atoms with Crippen LogP contribution in [0.1, 0.15) is 64.8 Å². The SMILES string of the molecule is CC[B-]1(CC)CC(C)c2cc(N(C)C)cc[n+]21.CC[B-]1(CC)CC(C)c2cc(N(C)C)cc[n+]21.